The van der Waals surface area contributed by atoms with Crippen LogP contribution in [0.1, 0.15) is 50.4 Å². The molecule has 0 unspecified atom stereocenters. The Balaban J connectivity index is 2.23. The number of likely N-dealkylation sites (N-methyl/N-ethyl adjacent to an activating group) is 1. The molecule has 0 saturated carbocycles. The van der Waals surface area contributed by atoms with Crippen LogP contribution < -0.4 is 14.8 Å². The molecule has 1 aromatic rings. The van der Waals surface area contributed by atoms with Crippen molar-refractivity contribution >= 4 is 29.7 Å². The number of nitrogens with one attached hydrogen (secondary N) is 1. The standard InChI is InChI=1S/C24H29N3O7/c1-7-12(2)23(31)25-10-18-21-16(9-17-24(32)26(6)11-20(30)27(17)18)22(34-15(5)29)13(3)8-19(21)33-14(4)28/h7-8,17-18H,9-11H2,1-6H3,(H,25,31)/b12-7+/t17-,18+/m0/s1. The van der Waals surface area contributed by atoms with E-state index >= 15 is 0 Å². The van der Waals surface area contributed by atoms with E-state index in [0.29, 0.717) is 22.3 Å². The fourth-order valence-corrected chi connectivity index (χ4v) is 4.42. The van der Waals surface area contributed by atoms with Crippen LogP contribution >= 0.6 is 0 Å². The average molecular weight is 472 g/mol. The molecular formula is C24H29N3O7. The van der Waals surface area contributed by atoms with E-state index < -0.39 is 24.0 Å². The van der Waals surface area contributed by atoms with Gasteiger partial charge in [-0.1, -0.05) is 6.08 Å². The number of nitrogens with zero attached hydrogens (tertiary/aromatic N) is 2. The molecule has 0 aromatic heterocycles. The molecule has 2 aliphatic heterocycles. The van der Waals surface area contributed by atoms with Gasteiger partial charge in [-0.25, -0.2) is 0 Å². The fraction of sp³-hybridized carbons (Fsp3) is 0.458. The van der Waals surface area contributed by atoms with Gasteiger partial charge in [0.05, 0.1) is 12.6 Å². The minimum absolute atomic E-state index is 0.0346. The van der Waals surface area contributed by atoms with Crippen molar-refractivity contribution in [3.8, 4) is 11.5 Å². The highest BCUT2D eigenvalue weighted by Gasteiger charge is 2.48. The maximum absolute atomic E-state index is 13.1. The van der Waals surface area contributed by atoms with E-state index in [4.69, 9.17) is 9.47 Å². The van der Waals surface area contributed by atoms with Crippen LogP contribution in [0.4, 0.5) is 0 Å². The molecule has 1 fully saturated rings. The van der Waals surface area contributed by atoms with Crippen LogP contribution in [0.2, 0.25) is 0 Å². The summed E-state index contributed by atoms with van der Waals surface area (Å²) in [5.74, 6) is -1.58. The molecule has 0 spiro atoms. The molecule has 10 heteroatoms. The van der Waals surface area contributed by atoms with Crippen molar-refractivity contribution in [3.05, 3.63) is 34.4 Å². The average Bonchev–Trinajstić information content (AvgIpc) is 2.76. The number of allylic oxidation sites excluding steroid dienone is 1. The quantitative estimate of drug-likeness (QED) is 0.389. The first-order chi connectivity index (χ1) is 16.0. The lowest BCUT2D eigenvalue weighted by atomic mass is 9.83. The molecule has 3 amide bonds. The number of carbonyl (C=O) groups excluding carboxylic acids is 5. The minimum Gasteiger partial charge on any atom is -0.426 e. The molecule has 1 N–H and O–H groups in total. The van der Waals surface area contributed by atoms with Crippen LogP contribution in [0.15, 0.2) is 17.7 Å². The van der Waals surface area contributed by atoms with Gasteiger partial charge in [0.25, 0.3) is 0 Å². The Morgan fingerprint density at radius 3 is 2.38 bits per heavy atom. The molecule has 10 nitrogen and oxygen atoms in total. The molecule has 0 bridgehead atoms. The lowest BCUT2D eigenvalue weighted by molar-refractivity contribution is -0.158. The van der Waals surface area contributed by atoms with Crippen LogP contribution in [0.5, 0.6) is 11.5 Å². The van der Waals surface area contributed by atoms with Crippen molar-refractivity contribution in [3.63, 3.8) is 0 Å². The molecule has 2 aliphatic rings. The van der Waals surface area contributed by atoms with Gasteiger partial charge in [-0.15, -0.1) is 0 Å². The Hall–Kier alpha value is -3.69. The highest BCUT2D eigenvalue weighted by molar-refractivity contribution is 5.96. The highest BCUT2D eigenvalue weighted by Crippen LogP contribution is 2.46. The molecule has 1 saturated heterocycles. The predicted molar refractivity (Wildman–Crippen MR) is 121 cm³/mol. The van der Waals surface area contributed by atoms with Gasteiger partial charge in [0.1, 0.15) is 17.5 Å². The summed E-state index contributed by atoms with van der Waals surface area (Å²) < 4.78 is 11.0. The maximum Gasteiger partial charge on any atom is 0.308 e. The minimum atomic E-state index is -0.857. The van der Waals surface area contributed by atoms with Gasteiger partial charge in [-0.05, 0) is 32.4 Å². The van der Waals surface area contributed by atoms with E-state index in [-0.39, 0.29) is 48.7 Å². The van der Waals surface area contributed by atoms with Crippen LogP contribution in [0, 0.1) is 6.92 Å². The second kappa shape index (κ2) is 9.66. The van der Waals surface area contributed by atoms with E-state index in [1.807, 2.05) is 0 Å². The summed E-state index contributed by atoms with van der Waals surface area (Å²) in [5, 5.41) is 2.80. The van der Waals surface area contributed by atoms with Crippen molar-refractivity contribution in [2.24, 2.45) is 0 Å². The van der Waals surface area contributed by atoms with Crippen molar-refractivity contribution in [1.29, 1.82) is 0 Å². The number of ether oxygens (including phenoxy) is 2. The topological polar surface area (TPSA) is 122 Å². The third kappa shape index (κ3) is 4.66. The zero-order valence-corrected chi connectivity index (χ0v) is 20.2. The van der Waals surface area contributed by atoms with Gasteiger partial charge in [0.15, 0.2) is 0 Å². The number of amides is 3. The molecule has 182 valence electrons. The smallest absolute Gasteiger partial charge is 0.308 e. The van der Waals surface area contributed by atoms with Gasteiger partial charge in [-0.2, -0.15) is 0 Å². The van der Waals surface area contributed by atoms with Gasteiger partial charge < -0.3 is 24.6 Å². The molecular weight excluding hydrogens is 442 g/mol. The van der Waals surface area contributed by atoms with E-state index in [1.54, 1.807) is 40.0 Å². The molecule has 0 aliphatic carbocycles. The number of esters is 2. The lowest BCUT2D eigenvalue weighted by Gasteiger charge is -2.47. The van der Waals surface area contributed by atoms with E-state index in [1.165, 1.54) is 23.6 Å². The number of fused-ring (bicyclic) bond motifs is 2. The molecule has 3 rings (SSSR count). The Bertz CT molecular complexity index is 1110. The summed E-state index contributed by atoms with van der Waals surface area (Å²) >= 11 is 0. The second-order valence-electron chi connectivity index (χ2n) is 8.51. The van der Waals surface area contributed by atoms with E-state index in [0.717, 1.165) is 0 Å². The molecule has 2 atom stereocenters. The molecule has 2 heterocycles. The van der Waals surface area contributed by atoms with E-state index in [9.17, 15) is 24.0 Å². The number of hydrogen-bond acceptors (Lipinski definition) is 7. The number of hydrogen-bond donors (Lipinski definition) is 1. The zero-order valence-electron chi connectivity index (χ0n) is 20.2. The Morgan fingerprint density at radius 2 is 1.79 bits per heavy atom. The van der Waals surface area contributed by atoms with Gasteiger partial charge in [0, 0.05) is 50.6 Å². The number of rotatable bonds is 5. The van der Waals surface area contributed by atoms with Crippen molar-refractivity contribution in [2.75, 3.05) is 20.1 Å². The zero-order chi connectivity index (χ0) is 25.3. The Kier molecular flexibility index (Phi) is 7.09. The summed E-state index contributed by atoms with van der Waals surface area (Å²) in [6, 6.07) is -0.116. The van der Waals surface area contributed by atoms with Crippen LogP contribution in [-0.4, -0.2) is 65.6 Å². The summed E-state index contributed by atoms with van der Waals surface area (Å²) in [6.07, 6.45) is 1.73. The summed E-state index contributed by atoms with van der Waals surface area (Å²) in [7, 11) is 1.55. The van der Waals surface area contributed by atoms with Gasteiger partial charge >= 0.3 is 11.9 Å². The number of carbonyl (C=O) groups is 5. The Labute approximate surface area is 197 Å². The first-order valence-corrected chi connectivity index (χ1v) is 11.0. The van der Waals surface area contributed by atoms with Gasteiger partial charge in [-0.3, -0.25) is 24.0 Å². The first kappa shape index (κ1) is 24.9. The largest absolute Gasteiger partial charge is 0.426 e. The normalized spacial score (nSPS) is 19.9. The fourth-order valence-electron chi connectivity index (χ4n) is 4.42. The van der Waals surface area contributed by atoms with E-state index in [2.05, 4.69) is 5.32 Å². The van der Waals surface area contributed by atoms with Crippen molar-refractivity contribution in [2.45, 2.75) is 53.1 Å². The van der Waals surface area contributed by atoms with Crippen molar-refractivity contribution in [1.82, 2.24) is 15.1 Å². The number of aryl methyl sites for hydroxylation is 1. The first-order valence-electron chi connectivity index (χ1n) is 11.0. The monoisotopic (exact) mass is 471 g/mol. The van der Waals surface area contributed by atoms with Gasteiger partial charge in [0.2, 0.25) is 17.7 Å². The van der Waals surface area contributed by atoms with Crippen molar-refractivity contribution < 1.29 is 33.4 Å². The summed E-state index contributed by atoms with van der Waals surface area (Å²) in [5.41, 5.74) is 1.94. The second-order valence-corrected chi connectivity index (χ2v) is 8.51. The third-order valence-electron chi connectivity index (χ3n) is 6.04. The molecule has 0 radical (unpaired) electrons. The maximum atomic E-state index is 13.1. The predicted octanol–water partition coefficient (Wildman–Crippen LogP) is 1.19. The SMILES string of the molecule is C/C=C(\C)C(=O)NC[C@@H]1c2c(OC(C)=O)cc(C)c(OC(C)=O)c2C[C@H]2C(=O)N(C)CC(=O)N12. The molecule has 1 aromatic carbocycles. The highest BCUT2D eigenvalue weighted by atomic mass is 16.5. The van der Waals surface area contributed by atoms with Crippen LogP contribution in [0.25, 0.3) is 0 Å². The Morgan fingerprint density at radius 1 is 1.15 bits per heavy atom. The lowest BCUT2D eigenvalue weighted by Crippen LogP contribution is -2.63. The van der Waals surface area contributed by atoms with Crippen LogP contribution in [0.3, 0.4) is 0 Å². The number of benzene rings is 1. The third-order valence-corrected chi connectivity index (χ3v) is 6.04. The molecule has 34 heavy (non-hydrogen) atoms. The number of piperazine rings is 1. The summed E-state index contributed by atoms with van der Waals surface area (Å²) in [4.78, 5) is 65.2. The van der Waals surface area contributed by atoms with Crippen LogP contribution in [-0.2, 0) is 30.4 Å². The summed E-state index contributed by atoms with van der Waals surface area (Å²) in [6.45, 7) is 7.46.